The summed E-state index contributed by atoms with van der Waals surface area (Å²) in [6.07, 6.45) is 18.0. The maximum Gasteiger partial charge on any atom is 0.429 e. The van der Waals surface area contributed by atoms with E-state index in [1.54, 1.807) is 80.7 Å². The van der Waals surface area contributed by atoms with E-state index in [1.807, 2.05) is 39.0 Å². The van der Waals surface area contributed by atoms with Gasteiger partial charge in [0.05, 0.1) is 36.9 Å². The maximum absolute atomic E-state index is 14.1. The van der Waals surface area contributed by atoms with E-state index >= 15 is 0 Å². The molecule has 6 saturated carbocycles. The summed E-state index contributed by atoms with van der Waals surface area (Å²) < 4.78 is 31.8. The van der Waals surface area contributed by atoms with Gasteiger partial charge in [-0.15, -0.1) is 26.3 Å². The van der Waals surface area contributed by atoms with Gasteiger partial charge in [0, 0.05) is 70.4 Å². The van der Waals surface area contributed by atoms with Crippen LogP contribution in [-0.2, 0) is 71.6 Å². The highest BCUT2D eigenvalue weighted by molar-refractivity contribution is 5.97. The molecule has 6 aliphatic carbocycles. The number of allylic oxidation sites excluding steroid dienone is 3. The molecule has 654 valence electrons. The molecule has 0 saturated heterocycles. The summed E-state index contributed by atoms with van der Waals surface area (Å²) in [5.74, 6) is -8.09. The molecule has 7 aliphatic rings. The SMILES string of the molecule is C=CC1CC1(NC(=O)C1CC(C(C)(C)C)CC1C(=O)O)C(=O)OC[CH2+].C=CCCCN(C(=O)C1CC(C(C)(C)C)CC1C(=O)NC1(C(=O)OCC)CC1C=C)N(C)C(=O)OC(C)(C)C.C=CCCCNN(C)C(=O)OC(C)(C)C.CCOC(=O)C12CC1/C=C\CCCN(N(C)C(=O)OC(C)(C)C)C(=O)C1CC(C(C)(C)C)CC1C(=O)N2. The highest BCUT2D eigenvalue weighted by Crippen LogP contribution is 2.53. The molecule has 28 heteroatoms. The summed E-state index contributed by atoms with van der Waals surface area (Å²) in [6, 6.07) is 0. The number of nitrogens with zero attached hydrogens (tertiary/aromatic N) is 5. The van der Waals surface area contributed by atoms with E-state index in [2.05, 4.69) is 117 Å². The average Bonchev–Trinajstić information content (AvgIpc) is 1.59. The van der Waals surface area contributed by atoms with Crippen LogP contribution in [0.1, 0.15) is 235 Å². The van der Waals surface area contributed by atoms with Crippen LogP contribution in [0.5, 0.6) is 0 Å². The molecule has 1 heterocycles. The normalized spacial score (nSPS) is 27.7. The number of ether oxygens (including phenoxy) is 6. The summed E-state index contributed by atoms with van der Waals surface area (Å²) in [7, 11) is 4.71. The summed E-state index contributed by atoms with van der Waals surface area (Å²) in [4.78, 5) is 155. The molecule has 8 amide bonds. The van der Waals surface area contributed by atoms with Crippen LogP contribution in [0.25, 0.3) is 0 Å². The molecule has 0 aromatic heterocycles. The van der Waals surface area contributed by atoms with Crippen molar-refractivity contribution in [2.45, 2.75) is 268 Å². The number of fused-ring (bicyclic) bond motifs is 2. The number of hydrazine groups is 3. The number of carbonyl (C=O) groups is 12. The molecule has 0 radical (unpaired) electrons. The first-order valence-electron chi connectivity index (χ1n) is 41.4. The fourth-order valence-corrected chi connectivity index (χ4v) is 15.5. The van der Waals surface area contributed by atoms with Crippen molar-refractivity contribution < 1.29 is 91.1 Å². The van der Waals surface area contributed by atoms with E-state index in [9.17, 15) is 62.6 Å². The van der Waals surface area contributed by atoms with Crippen molar-refractivity contribution in [2.24, 2.45) is 87.3 Å². The van der Waals surface area contributed by atoms with E-state index in [4.69, 9.17) is 28.4 Å². The van der Waals surface area contributed by atoms with Crippen molar-refractivity contribution in [1.82, 2.24) is 46.4 Å². The Hall–Kier alpha value is -8.43. The Morgan fingerprint density at radius 1 is 0.586 bits per heavy atom. The fraction of sp³-hybridized carbons (Fsp3) is 0.739. The minimum Gasteiger partial charge on any atom is -0.481 e. The van der Waals surface area contributed by atoms with E-state index < -0.39 is 105 Å². The molecule has 116 heavy (non-hydrogen) atoms. The first-order valence-corrected chi connectivity index (χ1v) is 41.4. The zero-order valence-electron chi connectivity index (χ0n) is 74.3. The van der Waals surface area contributed by atoms with Crippen molar-refractivity contribution in [3.05, 3.63) is 69.7 Å². The number of aliphatic carboxylic acids is 1. The lowest BCUT2D eigenvalue weighted by Gasteiger charge is -2.36. The monoisotopic (exact) mass is 1630 g/mol. The van der Waals surface area contributed by atoms with Gasteiger partial charge in [-0.1, -0.05) is 98.8 Å². The van der Waals surface area contributed by atoms with E-state index in [-0.39, 0.29) is 114 Å². The van der Waals surface area contributed by atoms with Gasteiger partial charge in [0.15, 0.2) is 0 Å². The lowest BCUT2D eigenvalue weighted by atomic mass is 9.79. The Morgan fingerprint density at radius 3 is 1.48 bits per heavy atom. The largest absolute Gasteiger partial charge is 0.481 e. The van der Waals surface area contributed by atoms with E-state index in [1.165, 1.54) is 39.1 Å². The van der Waals surface area contributed by atoms with Crippen molar-refractivity contribution in [1.29, 1.82) is 0 Å². The van der Waals surface area contributed by atoms with Crippen LogP contribution in [-0.4, -0.2) is 196 Å². The van der Waals surface area contributed by atoms with Gasteiger partial charge in [0.1, 0.15) is 40.3 Å². The second kappa shape index (κ2) is 41.3. The van der Waals surface area contributed by atoms with Gasteiger partial charge in [-0.3, -0.25) is 28.8 Å². The standard InChI is InChI=1S/C30H49N3O6.C28H45N3O6.C19H27NO5.C11H22N2O2/c1-11-14-15-16-33(32(10)27(37)39-29(7,8)9)25(35)23-18-21(28(4,5)6)17-22(23)24(34)31-30(19-20(30)12-2)26(36)38-13-3;1-9-36-24(34)28-17-18(28)13-11-10-12-14-31(30(8)25(35)37-27(5,6)7)23(33)21-16-19(26(2,3)4)15-20(21)22(32)29-28;1-6-11-10-19(11,17(24)25-7-2)20-15(21)13-8-12(18(3,4)5)9-14(13)16(22)23;1-6-7-8-9-12-13(5)10(14)15-11(2,3)4/h11-12,20-23H,1-2,13-19H2,3-10H3,(H,31,34);11,13,18-21H,9-10,12,14-17H2,1-8H3,(H,29,32);6,11-14H,1-2,7-10H2,3-5H3,(H-,20,21,22,23);6,12H,1,7-9H2,2-5H3/p+1/b;13-11-;;. The van der Waals surface area contributed by atoms with Crippen LogP contribution in [0, 0.1) is 94.2 Å². The van der Waals surface area contributed by atoms with Gasteiger partial charge in [-0.25, -0.2) is 59.2 Å². The summed E-state index contributed by atoms with van der Waals surface area (Å²) in [5.41, 5.74) is -2.59. The van der Waals surface area contributed by atoms with Gasteiger partial charge in [-0.05, 0) is 206 Å². The van der Waals surface area contributed by atoms with Gasteiger partial charge in [-0.2, -0.15) is 0 Å². The summed E-state index contributed by atoms with van der Waals surface area (Å²) >= 11 is 0. The van der Waals surface area contributed by atoms with Gasteiger partial charge in [0.25, 0.3) is 0 Å². The molecule has 15 atom stereocenters. The van der Waals surface area contributed by atoms with Gasteiger partial charge in [0.2, 0.25) is 36.1 Å². The quantitative estimate of drug-likeness (QED) is 0.0150. The third-order valence-corrected chi connectivity index (χ3v) is 22.9. The van der Waals surface area contributed by atoms with Crippen molar-refractivity contribution >= 4 is 71.7 Å². The first-order chi connectivity index (χ1) is 53.5. The topological polar surface area (TPSA) is 345 Å². The van der Waals surface area contributed by atoms with Crippen LogP contribution in [0.2, 0.25) is 0 Å². The molecule has 5 N–H and O–H groups in total. The molecule has 7 rings (SSSR count). The Balaban J connectivity index is 0.000000342. The average molecular weight is 1630 g/mol. The van der Waals surface area contributed by atoms with Crippen molar-refractivity contribution in [2.75, 3.05) is 60.6 Å². The van der Waals surface area contributed by atoms with Gasteiger partial charge < -0.3 is 49.5 Å². The second-order valence-electron chi connectivity index (χ2n) is 38.3. The van der Waals surface area contributed by atoms with E-state index in [0.717, 1.165) is 19.4 Å². The Morgan fingerprint density at radius 2 is 1.03 bits per heavy atom. The number of hydrogen-bond acceptors (Lipinski definition) is 19. The predicted molar refractivity (Wildman–Crippen MR) is 443 cm³/mol. The number of amides is 8. The highest BCUT2D eigenvalue weighted by Gasteiger charge is 2.65. The number of unbranched alkanes of at least 4 members (excludes halogenated alkanes) is 2. The van der Waals surface area contributed by atoms with Crippen LogP contribution >= 0.6 is 0 Å². The molecule has 6 fully saturated rings. The molecular weight excluding hydrogens is 1490 g/mol. The smallest absolute Gasteiger partial charge is 0.429 e. The fourth-order valence-electron chi connectivity index (χ4n) is 15.5. The Bertz CT molecular complexity index is 3520. The zero-order valence-corrected chi connectivity index (χ0v) is 74.3. The number of rotatable bonds is 24. The van der Waals surface area contributed by atoms with Crippen molar-refractivity contribution in [3.8, 4) is 0 Å². The van der Waals surface area contributed by atoms with Crippen LogP contribution in [0.15, 0.2) is 62.8 Å². The Kier molecular flexibility index (Phi) is 35.6. The minimum atomic E-state index is -1.14. The minimum absolute atomic E-state index is 0.0202. The highest BCUT2D eigenvalue weighted by atomic mass is 16.6. The number of carboxylic acid groups (broad SMARTS) is 1. The third kappa shape index (κ3) is 27.6. The maximum atomic E-state index is 14.1. The molecule has 28 nitrogen and oxygen atoms in total. The lowest BCUT2D eigenvalue weighted by molar-refractivity contribution is -0.155. The van der Waals surface area contributed by atoms with Crippen LogP contribution in [0.4, 0.5) is 14.4 Å². The molecule has 15 unspecified atom stereocenters. The number of carbonyl (C=O) groups excluding carboxylic acids is 11. The molecule has 0 aromatic carbocycles. The molecule has 0 spiro atoms. The van der Waals surface area contributed by atoms with Gasteiger partial charge >= 0.3 is 42.2 Å². The summed E-state index contributed by atoms with van der Waals surface area (Å²) in [6.45, 7) is 58.5. The number of carboxylic acids is 1. The lowest BCUT2D eigenvalue weighted by Crippen LogP contribution is -2.54. The van der Waals surface area contributed by atoms with E-state index in [0.29, 0.717) is 90.0 Å². The Labute approximate surface area is 691 Å². The molecule has 0 bridgehead atoms. The van der Waals surface area contributed by atoms with Crippen molar-refractivity contribution in [3.63, 3.8) is 0 Å². The summed E-state index contributed by atoms with van der Waals surface area (Å²) in [5, 5.41) is 24.9. The number of nitrogens with one attached hydrogen (secondary N) is 4. The number of esters is 3. The van der Waals surface area contributed by atoms with Crippen LogP contribution in [0.3, 0.4) is 0 Å². The van der Waals surface area contributed by atoms with Crippen LogP contribution < -0.4 is 21.4 Å². The molecular formula is C88H144N9O19+. The first kappa shape index (κ1) is 99.9. The third-order valence-electron chi connectivity index (χ3n) is 22.9. The predicted octanol–water partition coefficient (Wildman–Crippen LogP) is 13.5. The zero-order chi connectivity index (χ0) is 88.4. The number of hydrogen-bond donors (Lipinski definition) is 5. The molecule has 0 aromatic rings. The second-order valence-corrected chi connectivity index (χ2v) is 38.3. The molecule has 1 aliphatic heterocycles.